The van der Waals surface area contributed by atoms with Crippen LogP contribution in [0.4, 0.5) is 13.2 Å². The van der Waals surface area contributed by atoms with Gasteiger partial charge in [0.05, 0.1) is 0 Å². The van der Waals surface area contributed by atoms with Gasteiger partial charge in [0.15, 0.2) is 10.1 Å². The molecule has 0 heterocycles. The maximum absolute atomic E-state index is 10.7. The van der Waals surface area contributed by atoms with E-state index in [1.54, 1.807) is 0 Å². The quantitative estimate of drug-likeness (QED) is 0.316. The fourth-order valence-corrected chi connectivity index (χ4v) is 0. The summed E-state index contributed by atoms with van der Waals surface area (Å²) in [5.41, 5.74) is -5.65. The summed E-state index contributed by atoms with van der Waals surface area (Å²) in [7, 11) is -6.09. The molecule has 0 atom stereocenters. The maximum atomic E-state index is 10.7. The second-order valence-electron chi connectivity index (χ2n) is 1.32. The van der Waals surface area contributed by atoms with E-state index in [1.165, 1.54) is 0 Å². The zero-order valence-electron chi connectivity index (χ0n) is 5.57. The van der Waals surface area contributed by atoms with Gasteiger partial charge in [0.1, 0.15) is 0 Å². The number of hydrogen-bond donors (Lipinski definition) is 0. The number of allylic oxidation sites excluding steroid dienone is 1. The first-order chi connectivity index (χ1) is 5.16. The zero-order valence-corrected chi connectivity index (χ0v) is 7.95. The average molecular weight is 297 g/mol. The van der Waals surface area contributed by atoms with E-state index in [0.717, 1.165) is 4.89 Å². The van der Waals surface area contributed by atoms with Gasteiger partial charge in [-0.05, 0) is 0 Å². The van der Waals surface area contributed by atoms with E-state index in [2.05, 4.69) is 25.8 Å². The van der Waals surface area contributed by atoms with Gasteiger partial charge in [-0.1, -0.05) is 0 Å². The van der Waals surface area contributed by atoms with Crippen molar-refractivity contribution in [3.63, 3.8) is 0 Å². The second-order valence-corrected chi connectivity index (χ2v) is 3.32. The molecule has 0 aromatic heterocycles. The van der Waals surface area contributed by atoms with Gasteiger partial charge in [-0.25, -0.2) is 8.42 Å². The molecular formula is C4H5F3O3PdS. The molecule has 8 heteroatoms. The first-order valence-electron chi connectivity index (χ1n) is 2.31. The Bertz CT molecular complexity index is 220. The van der Waals surface area contributed by atoms with E-state index >= 15 is 0 Å². The minimum Gasteiger partial charge on any atom is -0.741 e. The standard InChI is InChI=1S/C3H5.CHF3O3S.Pd/c1-3-2;2-1(3,4)8(5,6)7;/h3H,1-2H2;(H,5,6,7);/q;;+1/p-1. The van der Waals surface area contributed by atoms with E-state index < -0.39 is 15.6 Å². The molecule has 12 heavy (non-hydrogen) atoms. The van der Waals surface area contributed by atoms with E-state index in [9.17, 15) is 13.2 Å². The van der Waals surface area contributed by atoms with Crippen LogP contribution in [0.15, 0.2) is 12.7 Å². The Morgan fingerprint density at radius 2 is 1.67 bits per heavy atom. The van der Waals surface area contributed by atoms with Crippen LogP contribution in [0, 0.1) is 0 Å². The molecule has 0 aromatic carbocycles. The largest absolute Gasteiger partial charge is 0.741 e. The van der Waals surface area contributed by atoms with E-state index in [0.29, 0.717) is 0 Å². The van der Waals surface area contributed by atoms with Crippen LogP contribution < -0.4 is 0 Å². The first-order valence-corrected chi connectivity index (χ1v) is 4.82. The SMILES string of the molecule is C=C[CH2][Pd+].O=S(=O)([O-])C(F)(F)F. The summed E-state index contributed by atoms with van der Waals surface area (Å²) in [5, 5.41) is 0. The van der Waals surface area contributed by atoms with Gasteiger partial charge in [-0.3, -0.25) is 0 Å². The normalized spacial score (nSPS) is 11.5. The van der Waals surface area contributed by atoms with Gasteiger partial charge >= 0.3 is 42.3 Å². The number of hydrogen-bond acceptors (Lipinski definition) is 3. The predicted molar refractivity (Wildman–Crippen MR) is 30.8 cm³/mol. The van der Waals surface area contributed by atoms with Gasteiger partial charge in [0.25, 0.3) is 0 Å². The monoisotopic (exact) mass is 296 g/mol. The topological polar surface area (TPSA) is 57.2 Å². The van der Waals surface area contributed by atoms with Gasteiger partial charge < -0.3 is 4.55 Å². The molecule has 0 saturated heterocycles. The Labute approximate surface area is 78.8 Å². The third kappa shape index (κ3) is 8.20. The predicted octanol–water partition coefficient (Wildman–Crippen LogP) is 1.19. The van der Waals surface area contributed by atoms with Crippen molar-refractivity contribution in [2.75, 3.05) is 0 Å². The summed E-state index contributed by atoms with van der Waals surface area (Å²) in [6.07, 6.45) is 1.81. The van der Waals surface area contributed by atoms with Crippen LogP contribution in [0.5, 0.6) is 0 Å². The first kappa shape index (κ1) is 14.6. The van der Waals surface area contributed by atoms with Crippen molar-refractivity contribution in [2.24, 2.45) is 0 Å². The molecule has 0 aliphatic rings. The molecular weight excluding hydrogens is 292 g/mol. The average Bonchev–Trinajstić information content (AvgIpc) is 1.84. The molecule has 0 aromatic rings. The third-order valence-corrected chi connectivity index (χ3v) is 1.39. The molecule has 0 bridgehead atoms. The molecule has 0 aliphatic carbocycles. The van der Waals surface area contributed by atoms with Crippen molar-refractivity contribution >= 4 is 10.1 Å². The molecule has 0 spiro atoms. The Morgan fingerprint density at radius 3 is 1.67 bits per heavy atom. The Balaban J connectivity index is 0. The van der Waals surface area contributed by atoms with Gasteiger partial charge in [-0.15, -0.1) is 0 Å². The molecule has 0 aliphatic heterocycles. The van der Waals surface area contributed by atoms with E-state index in [-0.39, 0.29) is 0 Å². The molecule has 0 amide bonds. The molecule has 0 rings (SSSR count). The summed E-state index contributed by atoms with van der Waals surface area (Å²) < 4.78 is 58.9. The van der Waals surface area contributed by atoms with Crippen molar-refractivity contribution in [1.82, 2.24) is 0 Å². The fraction of sp³-hybridized carbons (Fsp3) is 0.500. The Morgan fingerprint density at radius 1 is 1.50 bits per heavy atom. The third-order valence-electron chi connectivity index (χ3n) is 0.375. The Hall–Kier alpha value is 0.102. The van der Waals surface area contributed by atoms with Crippen LogP contribution in [-0.4, -0.2) is 18.5 Å². The van der Waals surface area contributed by atoms with Crippen molar-refractivity contribution in [3.05, 3.63) is 12.7 Å². The minimum atomic E-state index is -6.09. The van der Waals surface area contributed by atoms with Gasteiger partial charge in [0, 0.05) is 0 Å². The molecule has 76 valence electrons. The smallest absolute Gasteiger partial charge is 0.485 e. The van der Waals surface area contributed by atoms with Crippen molar-refractivity contribution in [2.45, 2.75) is 10.4 Å². The van der Waals surface area contributed by atoms with Crippen LogP contribution >= 0.6 is 0 Å². The van der Waals surface area contributed by atoms with E-state index in [4.69, 9.17) is 13.0 Å². The molecule has 0 N–H and O–H groups in total. The molecule has 0 fully saturated rings. The number of halogens is 3. The summed E-state index contributed by atoms with van der Waals surface area (Å²) in [6, 6.07) is 0. The molecule has 3 nitrogen and oxygen atoms in total. The maximum Gasteiger partial charge on any atom is 0.485 e. The van der Waals surface area contributed by atoms with Crippen LogP contribution in [-0.2, 0) is 29.3 Å². The zero-order chi connectivity index (χ0) is 10.4. The number of alkyl halides is 3. The Kier molecular flexibility index (Phi) is 6.94. The summed E-state index contributed by atoms with van der Waals surface area (Å²) in [5.74, 6) is 0. The van der Waals surface area contributed by atoms with Gasteiger partial charge in [0.2, 0.25) is 0 Å². The number of rotatable bonds is 1. The van der Waals surface area contributed by atoms with Gasteiger partial charge in [-0.2, -0.15) is 13.2 Å². The van der Waals surface area contributed by atoms with Crippen molar-refractivity contribution in [3.8, 4) is 0 Å². The summed E-state index contributed by atoms with van der Waals surface area (Å²) in [4.78, 5) is 0.933. The van der Waals surface area contributed by atoms with E-state index in [1.807, 2.05) is 6.08 Å². The molecule has 0 radical (unpaired) electrons. The van der Waals surface area contributed by atoms with Crippen LogP contribution in [0.1, 0.15) is 0 Å². The van der Waals surface area contributed by atoms with Crippen LogP contribution in [0.2, 0.25) is 4.89 Å². The van der Waals surface area contributed by atoms with Crippen molar-refractivity contribution < 1.29 is 45.3 Å². The summed E-state index contributed by atoms with van der Waals surface area (Å²) >= 11 is 2.92. The van der Waals surface area contributed by atoms with Crippen LogP contribution in [0.3, 0.4) is 0 Å². The molecule has 0 saturated carbocycles. The van der Waals surface area contributed by atoms with Crippen LogP contribution in [0.25, 0.3) is 0 Å². The summed E-state index contributed by atoms with van der Waals surface area (Å²) in [6.45, 7) is 3.44. The second kappa shape index (κ2) is 5.70. The minimum absolute atomic E-state index is 0.933. The fourth-order valence-electron chi connectivity index (χ4n) is 0. The molecule has 0 unspecified atom stereocenters. The van der Waals surface area contributed by atoms with Crippen molar-refractivity contribution in [1.29, 1.82) is 0 Å².